The van der Waals surface area contributed by atoms with Crippen molar-refractivity contribution in [2.75, 3.05) is 0 Å². The topological polar surface area (TPSA) is 17.8 Å². The van der Waals surface area contributed by atoms with Crippen molar-refractivity contribution in [3.8, 4) is 5.69 Å². The zero-order chi connectivity index (χ0) is 13.4. The monoisotopic (exact) mass is 270 g/mol. The number of nitrogens with zero attached hydrogens (tertiary/aromatic N) is 2. The third-order valence-electron chi connectivity index (χ3n) is 3.36. The molecule has 0 spiro atoms. The molecule has 96 valence electrons. The molecule has 3 rings (SSSR count). The minimum atomic E-state index is 0.405. The molecule has 3 aromatic rings. The van der Waals surface area contributed by atoms with Gasteiger partial charge in [-0.25, -0.2) is 4.98 Å². The summed E-state index contributed by atoms with van der Waals surface area (Å²) < 4.78 is 2.16. The van der Waals surface area contributed by atoms with E-state index < -0.39 is 0 Å². The third kappa shape index (κ3) is 2.02. The number of imidazole rings is 1. The number of fused-ring (bicyclic) bond motifs is 1. The first-order valence-electron chi connectivity index (χ1n) is 6.30. The van der Waals surface area contributed by atoms with Crippen molar-refractivity contribution in [1.29, 1.82) is 0 Å². The largest absolute Gasteiger partial charge is 0.295 e. The van der Waals surface area contributed by atoms with Crippen LogP contribution in [0, 0.1) is 13.8 Å². The van der Waals surface area contributed by atoms with Crippen LogP contribution in [-0.4, -0.2) is 9.55 Å². The third-order valence-corrected chi connectivity index (χ3v) is 3.59. The summed E-state index contributed by atoms with van der Waals surface area (Å²) in [4.78, 5) is 4.61. The first-order valence-corrected chi connectivity index (χ1v) is 6.84. The van der Waals surface area contributed by atoms with Crippen LogP contribution in [0.25, 0.3) is 16.7 Å². The molecule has 0 aliphatic rings. The maximum absolute atomic E-state index is 6.06. The van der Waals surface area contributed by atoms with Crippen LogP contribution in [0.3, 0.4) is 0 Å². The zero-order valence-electron chi connectivity index (χ0n) is 11.0. The van der Waals surface area contributed by atoms with Crippen molar-refractivity contribution in [2.45, 2.75) is 19.7 Å². The number of aromatic nitrogens is 2. The van der Waals surface area contributed by atoms with Crippen LogP contribution in [0.2, 0.25) is 0 Å². The summed E-state index contributed by atoms with van der Waals surface area (Å²) in [5.74, 6) is 1.29. The average molecular weight is 271 g/mol. The zero-order valence-corrected chi connectivity index (χ0v) is 11.8. The highest BCUT2D eigenvalue weighted by atomic mass is 35.5. The number of benzene rings is 2. The molecule has 0 fully saturated rings. The van der Waals surface area contributed by atoms with Gasteiger partial charge in [-0.05, 0) is 43.2 Å². The summed E-state index contributed by atoms with van der Waals surface area (Å²) in [6, 6.07) is 14.6. The Balaban J connectivity index is 2.37. The molecule has 0 radical (unpaired) electrons. The molecule has 0 amide bonds. The van der Waals surface area contributed by atoms with Gasteiger partial charge in [-0.3, -0.25) is 4.57 Å². The Morgan fingerprint density at radius 3 is 2.68 bits per heavy atom. The van der Waals surface area contributed by atoms with Crippen molar-refractivity contribution >= 4 is 22.6 Å². The van der Waals surface area contributed by atoms with Gasteiger partial charge in [0, 0.05) is 0 Å². The highest BCUT2D eigenvalue weighted by Crippen LogP contribution is 2.25. The van der Waals surface area contributed by atoms with Gasteiger partial charge < -0.3 is 0 Å². The molecule has 0 bridgehead atoms. The Morgan fingerprint density at radius 1 is 1.11 bits per heavy atom. The van der Waals surface area contributed by atoms with E-state index >= 15 is 0 Å². The van der Waals surface area contributed by atoms with Gasteiger partial charge in [-0.2, -0.15) is 0 Å². The molecule has 1 heterocycles. The van der Waals surface area contributed by atoms with Gasteiger partial charge in [0.05, 0.1) is 22.6 Å². The summed E-state index contributed by atoms with van der Waals surface area (Å²) in [5, 5.41) is 0. The minimum Gasteiger partial charge on any atom is -0.295 e. The second-order valence-electron chi connectivity index (χ2n) is 4.78. The van der Waals surface area contributed by atoms with Crippen LogP contribution >= 0.6 is 11.6 Å². The first kappa shape index (κ1) is 12.2. The van der Waals surface area contributed by atoms with Gasteiger partial charge in [0.25, 0.3) is 0 Å². The van der Waals surface area contributed by atoms with E-state index in [0.29, 0.717) is 5.88 Å². The van der Waals surface area contributed by atoms with E-state index in [0.717, 1.165) is 22.5 Å². The van der Waals surface area contributed by atoms with E-state index in [1.165, 1.54) is 11.1 Å². The summed E-state index contributed by atoms with van der Waals surface area (Å²) in [7, 11) is 0. The van der Waals surface area contributed by atoms with E-state index in [1.807, 2.05) is 18.2 Å². The summed E-state index contributed by atoms with van der Waals surface area (Å²) in [6.07, 6.45) is 0. The number of hydrogen-bond donors (Lipinski definition) is 0. The molecular weight excluding hydrogens is 256 g/mol. The van der Waals surface area contributed by atoms with E-state index in [4.69, 9.17) is 11.6 Å². The Morgan fingerprint density at radius 2 is 1.89 bits per heavy atom. The van der Waals surface area contributed by atoms with Crippen LogP contribution in [0.4, 0.5) is 0 Å². The molecular formula is C16H15ClN2. The van der Waals surface area contributed by atoms with Gasteiger partial charge in [0.15, 0.2) is 0 Å². The molecule has 1 aromatic heterocycles. The predicted octanol–water partition coefficient (Wildman–Crippen LogP) is 4.38. The second kappa shape index (κ2) is 4.71. The summed E-state index contributed by atoms with van der Waals surface area (Å²) in [6.45, 7) is 4.21. The molecule has 2 aromatic carbocycles. The van der Waals surface area contributed by atoms with Crippen LogP contribution in [-0.2, 0) is 5.88 Å². The van der Waals surface area contributed by atoms with E-state index in [2.05, 4.69) is 47.7 Å². The number of para-hydroxylation sites is 2. The Hall–Kier alpha value is -1.80. The van der Waals surface area contributed by atoms with Gasteiger partial charge >= 0.3 is 0 Å². The Labute approximate surface area is 117 Å². The van der Waals surface area contributed by atoms with Crippen LogP contribution in [0.1, 0.15) is 17.0 Å². The van der Waals surface area contributed by atoms with Crippen molar-refractivity contribution in [3.63, 3.8) is 0 Å². The number of rotatable bonds is 2. The molecule has 2 nitrogen and oxygen atoms in total. The normalized spacial score (nSPS) is 11.1. The van der Waals surface area contributed by atoms with Crippen molar-refractivity contribution in [2.24, 2.45) is 0 Å². The second-order valence-corrected chi connectivity index (χ2v) is 5.04. The maximum atomic E-state index is 6.06. The fraction of sp³-hybridized carbons (Fsp3) is 0.188. The first-order chi connectivity index (χ1) is 9.20. The van der Waals surface area contributed by atoms with Gasteiger partial charge in [-0.1, -0.05) is 24.3 Å². The molecule has 3 heteroatoms. The molecule has 0 aliphatic carbocycles. The highest BCUT2D eigenvalue weighted by Gasteiger charge is 2.12. The number of hydrogen-bond acceptors (Lipinski definition) is 1. The summed E-state index contributed by atoms with van der Waals surface area (Å²) >= 11 is 6.06. The fourth-order valence-corrected chi connectivity index (χ4v) is 2.57. The lowest BCUT2D eigenvalue weighted by Crippen LogP contribution is -2.01. The lowest BCUT2D eigenvalue weighted by atomic mass is 10.1. The van der Waals surface area contributed by atoms with E-state index in [1.54, 1.807) is 0 Å². The quantitative estimate of drug-likeness (QED) is 0.632. The van der Waals surface area contributed by atoms with Gasteiger partial charge in [0.2, 0.25) is 0 Å². The Kier molecular flexibility index (Phi) is 3.03. The fourth-order valence-electron chi connectivity index (χ4n) is 2.39. The number of alkyl halides is 1. The lowest BCUT2D eigenvalue weighted by molar-refractivity contribution is 0.970. The van der Waals surface area contributed by atoms with E-state index in [9.17, 15) is 0 Å². The van der Waals surface area contributed by atoms with Crippen LogP contribution in [0.15, 0.2) is 42.5 Å². The maximum Gasteiger partial charge on any atom is 0.129 e. The minimum absolute atomic E-state index is 0.405. The van der Waals surface area contributed by atoms with Gasteiger partial charge in [0.1, 0.15) is 5.82 Å². The number of halogens is 1. The highest BCUT2D eigenvalue weighted by molar-refractivity contribution is 6.17. The molecule has 19 heavy (non-hydrogen) atoms. The van der Waals surface area contributed by atoms with Crippen molar-refractivity contribution in [3.05, 3.63) is 59.4 Å². The smallest absolute Gasteiger partial charge is 0.129 e. The summed E-state index contributed by atoms with van der Waals surface area (Å²) in [5.41, 5.74) is 5.70. The SMILES string of the molecule is Cc1ccc(C)c(-n2c(CCl)nc3ccccc32)c1. The molecule has 0 saturated carbocycles. The lowest BCUT2D eigenvalue weighted by Gasteiger charge is -2.12. The Bertz CT molecular complexity index is 744. The molecule has 0 unspecified atom stereocenters. The van der Waals surface area contributed by atoms with Crippen molar-refractivity contribution < 1.29 is 0 Å². The number of aryl methyl sites for hydroxylation is 2. The van der Waals surface area contributed by atoms with Crippen LogP contribution < -0.4 is 0 Å². The van der Waals surface area contributed by atoms with Gasteiger partial charge in [-0.15, -0.1) is 11.6 Å². The van der Waals surface area contributed by atoms with E-state index in [-0.39, 0.29) is 0 Å². The average Bonchev–Trinajstić information content (AvgIpc) is 2.80. The van der Waals surface area contributed by atoms with Crippen molar-refractivity contribution in [1.82, 2.24) is 9.55 Å². The standard InChI is InChI=1S/C16H15ClN2/c1-11-7-8-12(2)15(9-11)19-14-6-4-3-5-13(14)18-16(19)10-17/h3-9H,10H2,1-2H3. The molecule has 0 N–H and O–H groups in total. The molecule has 0 saturated heterocycles. The van der Waals surface area contributed by atoms with Crippen LogP contribution in [0.5, 0.6) is 0 Å². The molecule has 0 aliphatic heterocycles. The molecule has 0 atom stereocenters. The predicted molar refractivity (Wildman–Crippen MR) is 80.1 cm³/mol.